The van der Waals surface area contributed by atoms with Gasteiger partial charge in [-0.15, -0.1) is 0 Å². The molecule has 0 saturated carbocycles. The van der Waals surface area contributed by atoms with Crippen LogP contribution in [-0.2, 0) is 0 Å². The summed E-state index contributed by atoms with van der Waals surface area (Å²) < 4.78 is 0. The lowest BCUT2D eigenvalue weighted by atomic mass is 9.98. The molecule has 176 valence electrons. The number of rotatable bonds is 5. The summed E-state index contributed by atoms with van der Waals surface area (Å²) in [6.45, 7) is 8.22. The van der Waals surface area contributed by atoms with Gasteiger partial charge in [-0.25, -0.2) is 5.01 Å². The molecule has 0 fully saturated rings. The number of aldehydes is 1. The average molecular weight is 456 g/mol. The molecule has 1 N–H and O–H groups in total. The van der Waals surface area contributed by atoms with Crippen LogP contribution >= 0.6 is 0 Å². The lowest BCUT2D eigenvalue weighted by molar-refractivity contribution is 0.0903. The summed E-state index contributed by atoms with van der Waals surface area (Å²) in [5, 5.41) is 17.5. The minimum Gasteiger partial charge on any atom is -0.389 e. The van der Waals surface area contributed by atoms with Gasteiger partial charge in [-0.05, 0) is 43.2 Å². The van der Waals surface area contributed by atoms with E-state index in [0.29, 0.717) is 30.4 Å². The number of benzene rings is 1. The van der Waals surface area contributed by atoms with E-state index in [0.717, 1.165) is 46.7 Å². The van der Waals surface area contributed by atoms with E-state index in [9.17, 15) is 9.90 Å². The van der Waals surface area contributed by atoms with E-state index in [-0.39, 0.29) is 0 Å². The zero-order valence-corrected chi connectivity index (χ0v) is 20.4. The van der Waals surface area contributed by atoms with Crippen molar-refractivity contribution in [1.29, 1.82) is 0 Å². The summed E-state index contributed by atoms with van der Waals surface area (Å²) in [6, 6.07) is 7.61. The first-order valence-corrected chi connectivity index (χ1v) is 11.9. The molecule has 5 heteroatoms. The summed E-state index contributed by atoms with van der Waals surface area (Å²) in [7, 11) is 0. The fourth-order valence-electron chi connectivity index (χ4n) is 4.11. The topological polar surface area (TPSA) is 65.3 Å². The van der Waals surface area contributed by atoms with Crippen LogP contribution in [-0.4, -0.2) is 40.0 Å². The van der Waals surface area contributed by atoms with Gasteiger partial charge in [0.05, 0.1) is 35.0 Å². The van der Waals surface area contributed by atoms with Gasteiger partial charge < -0.3 is 5.11 Å². The molecule has 5 nitrogen and oxygen atoms in total. The van der Waals surface area contributed by atoms with Crippen molar-refractivity contribution < 1.29 is 9.90 Å². The summed E-state index contributed by atoms with van der Waals surface area (Å²) >= 11 is 0. The largest absolute Gasteiger partial charge is 0.389 e. The van der Waals surface area contributed by atoms with E-state index < -0.39 is 5.60 Å². The molecule has 34 heavy (non-hydrogen) atoms. The van der Waals surface area contributed by atoms with Crippen molar-refractivity contribution in [1.82, 2.24) is 5.01 Å². The predicted octanol–water partition coefficient (Wildman–Crippen LogP) is 5.73. The zero-order chi connectivity index (χ0) is 24.3. The van der Waals surface area contributed by atoms with Gasteiger partial charge in [0.2, 0.25) is 0 Å². The maximum atomic E-state index is 11.2. The third-order valence-electron chi connectivity index (χ3n) is 6.04. The maximum absolute atomic E-state index is 11.2. The van der Waals surface area contributed by atoms with Crippen LogP contribution in [0.25, 0.3) is 5.70 Å². The van der Waals surface area contributed by atoms with Crippen molar-refractivity contribution in [2.75, 3.05) is 6.54 Å². The maximum Gasteiger partial charge on any atom is 0.150 e. The van der Waals surface area contributed by atoms with E-state index in [4.69, 9.17) is 10.1 Å². The van der Waals surface area contributed by atoms with E-state index in [1.54, 1.807) is 13.8 Å². The Balaban J connectivity index is 1.84. The van der Waals surface area contributed by atoms with Crippen molar-refractivity contribution in [3.8, 4) is 0 Å². The lowest BCUT2D eigenvalue weighted by Gasteiger charge is -2.31. The molecule has 2 unspecified atom stereocenters. The van der Waals surface area contributed by atoms with Crippen molar-refractivity contribution in [3.05, 3.63) is 89.2 Å². The van der Waals surface area contributed by atoms with Crippen LogP contribution in [0.5, 0.6) is 0 Å². The Hall–Kier alpha value is -3.31. The predicted molar refractivity (Wildman–Crippen MR) is 140 cm³/mol. The van der Waals surface area contributed by atoms with Gasteiger partial charge >= 0.3 is 0 Å². The molecule has 1 aromatic rings. The minimum atomic E-state index is -0.895. The van der Waals surface area contributed by atoms with Crippen LogP contribution in [0, 0.1) is 11.8 Å². The number of carbonyl (C=O) groups excluding carboxylic acids is 1. The molecule has 3 aliphatic rings. The molecule has 0 aromatic heterocycles. The molecule has 1 aromatic carbocycles. The van der Waals surface area contributed by atoms with Crippen LogP contribution in [0.4, 0.5) is 0 Å². The van der Waals surface area contributed by atoms with Gasteiger partial charge in [0, 0.05) is 12.0 Å². The number of carbonyl (C=O) groups is 1. The van der Waals surface area contributed by atoms with Crippen LogP contribution < -0.4 is 0 Å². The van der Waals surface area contributed by atoms with Crippen molar-refractivity contribution >= 4 is 23.4 Å². The van der Waals surface area contributed by atoms with Gasteiger partial charge in [0.25, 0.3) is 0 Å². The van der Waals surface area contributed by atoms with Gasteiger partial charge in [-0.3, -0.25) is 9.79 Å². The second kappa shape index (κ2) is 9.90. The van der Waals surface area contributed by atoms with Crippen molar-refractivity contribution in [3.63, 3.8) is 0 Å². The number of allylic oxidation sites excluding steroid dienone is 9. The fraction of sp³-hybridized carbons (Fsp3) is 0.345. The van der Waals surface area contributed by atoms with E-state index in [1.807, 2.05) is 29.3 Å². The molecule has 0 bridgehead atoms. The molecular weight excluding hydrogens is 422 g/mol. The number of aliphatic imine (C=N–C) groups is 1. The second-order valence-electron chi connectivity index (χ2n) is 9.93. The normalized spacial score (nSPS) is 23.9. The van der Waals surface area contributed by atoms with Crippen LogP contribution in [0.3, 0.4) is 0 Å². The first kappa shape index (κ1) is 23.8. The van der Waals surface area contributed by atoms with E-state index in [2.05, 4.69) is 56.4 Å². The molecule has 0 radical (unpaired) electrons. The summed E-state index contributed by atoms with van der Waals surface area (Å²) in [5.74, 6) is 0.677. The first-order valence-electron chi connectivity index (χ1n) is 11.9. The average Bonchev–Trinajstić information content (AvgIpc) is 3.13. The highest BCUT2D eigenvalue weighted by molar-refractivity contribution is 6.20. The SMILES string of the molecule is CC1C=CC=C(C2=NN3C(=CCC(C)C=C3c3ccc(C=O)cc3)C(=NCC(C)(C)O)C2)C=C1. The Morgan fingerprint density at radius 2 is 1.94 bits per heavy atom. The highest BCUT2D eigenvalue weighted by Gasteiger charge is 2.30. The Kier molecular flexibility index (Phi) is 6.94. The summed E-state index contributed by atoms with van der Waals surface area (Å²) in [4.78, 5) is 16.1. The summed E-state index contributed by atoms with van der Waals surface area (Å²) in [5.41, 5.74) is 5.60. The molecule has 0 spiro atoms. The molecule has 2 aliphatic heterocycles. The van der Waals surface area contributed by atoms with Gasteiger partial charge in [-0.2, -0.15) is 5.10 Å². The Morgan fingerprint density at radius 3 is 2.65 bits per heavy atom. The van der Waals surface area contributed by atoms with Crippen LogP contribution in [0.2, 0.25) is 0 Å². The quantitative estimate of drug-likeness (QED) is 0.577. The van der Waals surface area contributed by atoms with E-state index in [1.165, 1.54) is 0 Å². The fourth-order valence-corrected chi connectivity index (χ4v) is 4.11. The number of nitrogens with zero attached hydrogens (tertiary/aromatic N) is 3. The summed E-state index contributed by atoms with van der Waals surface area (Å²) in [6.07, 6.45) is 17.4. The Morgan fingerprint density at radius 1 is 1.18 bits per heavy atom. The molecular formula is C29H33N3O2. The number of fused-ring (bicyclic) bond motifs is 1. The van der Waals surface area contributed by atoms with Gasteiger partial charge in [0.15, 0.2) is 0 Å². The highest BCUT2D eigenvalue weighted by Crippen LogP contribution is 2.35. The molecule has 0 saturated heterocycles. The van der Waals surface area contributed by atoms with Gasteiger partial charge in [0.1, 0.15) is 6.29 Å². The highest BCUT2D eigenvalue weighted by atomic mass is 16.3. The Bertz CT molecular complexity index is 1150. The van der Waals surface area contributed by atoms with Crippen molar-refractivity contribution in [2.24, 2.45) is 21.9 Å². The standard InChI is InChI=1S/C29H33N3O2/c1-20-6-5-7-23(12-8-20)25-17-26(30-19-29(3,4)34)27-15-9-21(2)16-28(32(27)31-25)24-13-10-22(18-33)11-14-24/h5-8,10-16,18,20-21,34H,9,17,19H2,1-4H3. The Labute approximate surface area is 202 Å². The molecule has 4 rings (SSSR count). The first-order chi connectivity index (χ1) is 16.2. The minimum absolute atomic E-state index is 0.314. The van der Waals surface area contributed by atoms with Crippen LogP contribution in [0.15, 0.2) is 88.2 Å². The zero-order valence-electron chi connectivity index (χ0n) is 20.4. The monoisotopic (exact) mass is 455 g/mol. The number of hydrogen-bond acceptors (Lipinski definition) is 5. The smallest absolute Gasteiger partial charge is 0.150 e. The number of hydrogen-bond donors (Lipinski definition) is 1. The molecule has 1 aliphatic carbocycles. The number of hydrazone groups is 1. The molecule has 0 amide bonds. The van der Waals surface area contributed by atoms with Crippen molar-refractivity contribution in [2.45, 2.75) is 46.1 Å². The third-order valence-corrected chi connectivity index (χ3v) is 6.04. The second-order valence-corrected chi connectivity index (χ2v) is 9.93. The van der Waals surface area contributed by atoms with E-state index >= 15 is 0 Å². The lowest BCUT2D eigenvalue weighted by Crippen LogP contribution is -2.32. The molecule has 2 atom stereocenters. The van der Waals surface area contributed by atoms with Crippen LogP contribution in [0.1, 0.15) is 56.5 Å². The van der Waals surface area contributed by atoms with Gasteiger partial charge in [-0.1, -0.05) is 80.6 Å². The molecule has 2 heterocycles. The third kappa shape index (κ3) is 5.60. The number of aliphatic hydroxyl groups is 1.